The first-order valence-electron chi connectivity index (χ1n) is 9.31. The molecule has 2 aromatic rings. The van der Waals surface area contributed by atoms with Gasteiger partial charge in [-0.15, -0.1) is 35.7 Å². The van der Waals surface area contributed by atoms with E-state index in [2.05, 4.69) is 58.8 Å². The fourth-order valence-electron chi connectivity index (χ4n) is 3.05. The Morgan fingerprint density at radius 2 is 2.15 bits per heavy atom. The molecule has 1 aliphatic heterocycles. The molecule has 27 heavy (non-hydrogen) atoms. The largest absolute Gasteiger partial charge is 0.357 e. The summed E-state index contributed by atoms with van der Waals surface area (Å²) in [6.07, 6.45) is 2.01. The zero-order valence-electron chi connectivity index (χ0n) is 16.2. The highest BCUT2D eigenvalue weighted by atomic mass is 127. The van der Waals surface area contributed by atoms with Crippen molar-refractivity contribution in [1.82, 2.24) is 25.4 Å². The SMILES string of the molecule is CCNC(=NCC(C)Sc1ccccc1)NC1CCc2nc(C)nn2C1.I. The highest BCUT2D eigenvalue weighted by Gasteiger charge is 2.21. The summed E-state index contributed by atoms with van der Waals surface area (Å²) in [5.41, 5.74) is 0. The topological polar surface area (TPSA) is 67.1 Å². The van der Waals surface area contributed by atoms with Gasteiger partial charge in [-0.2, -0.15) is 5.10 Å². The van der Waals surface area contributed by atoms with E-state index in [1.54, 1.807) is 0 Å². The van der Waals surface area contributed by atoms with Crippen LogP contribution in [0.25, 0.3) is 0 Å². The van der Waals surface area contributed by atoms with E-state index in [1.165, 1.54) is 4.90 Å². The van der Waals surface area contributed by atoms with E-state index >= 15 is 0 Å². The number of thioether (sulfide) groups is 1. The number of halogens is 1. The molecule has 0 radical (unpaired) electrons. The van der Waals surface area contributed by atoms with Crippen molar-refractivity contribution >= 4 is 41.7 Å². The third kappa shape index (κ3) is 6.67. The van der Waals surface area contributed by atoms with Gasteiger partial charge in [-0.05, 0) is 32.4 Å². The monoisotopic (exact) mass is 500 g/mol. The Morgan fingerprint density at radius 3 is 2.89 bits per heavy atom. The molecule has 0 saturated carbocycles. The fraction of sp³-hybridized carbons (Fsp3) is 0.526. The van der Waals surface area contributed by atoms with Gasteiger partial charge in [0.25, 0.3) is 0 Å². The van der Waals surface area contributed by atoms with Crippen molar-refractivity contribution in [2.24, 2.45) is 4.99 Å². The molecular formula is C19H29IN6S. The highest BCUT2D eigenvalue weighted by Crippen LogP contribution is 2.22. The van der Waals surface area contributed by atoms with Crippen LogP contribution < -0.4 is 10.6 Å². The van der Waals surface area contributed by atoms with Crippen molar-refractivity contribution in [2.45, 2.75) is 56.3 Å². The van der Waals surface area contributed by atoms with E-state index in [-0.39, 0.29) is 24.0 Å². The number of aromatic nitrogens is 3. The van der Waals surface area contributed by atoms with Gasteiger partial charge in [-0.3, -0.25) is 4.99 Å². The minimum atomic E-state index is 0. The second-order valence-corrected chi connectivity index (χ2v) is 8.11. The van der Waals surface area contributed by atoms with Gasteiger partial charge in [-0.1, -0.05) is 25.1 Å². The first-order valence-corrected chi connectivity index (χ1v) is 10.2. The number of guanidine groups is 1. The maximum absolute atomic E-state index is 4.79. The lowest BCUT2D eigenvalue weighted by Crippen LogP contribution is -2.47. The van der Waals surface area contributed by atoms with Crippen molar-refractivity contribution in [3.05, 3.63) is 42.0 Å². The van der Waals surface area contributed by atoms with Gasteiger partial charge in [-0.25, -0.2) is 9.67 Å². The zero-order chi connectivity index (χ0) is 18.4. The molecule has 2 heterocycles. The van der Waals surface area contributed by atoms with Crippen LogP contribution in [0, 0.1) is 6.92 Å². The number of nitrogens with one attached hydrogen (secondary N) is 2. The number of aliphatic imine (C=N–C) groups is 1. The number of hydrogen-bond acceptors (Lipinski definition) is 4. The molecule has 6 nitrogen and oxygen atoms in total. The molecule has 3 rings (SSSR count). The van der Waals surface area contributed by atoms with Gasteiger partial charge in [0.2, 0.25) is 0 Å². The van der Waals surface area contributed by atoms with E-state index < -0.39 is 0 Å². The molecule has 8 heteroatoms. The summed E-state index contributed by atoms with van der Waals surface area (Å²) in [6, 6.07) is 10.8. The van der Waals surface area contributed by atoms with Gasteiger partial charge < -0.3 is 10.6 Å². The Kier molecular flexibility index (Phi) is 8.88. The van der Waals surface area contributed by atoms with Gasteiger partial charge >= 0.3 is 0 Å². The first-order chi connectivity index (χ1) is 12.6. The number of rotatable bonds is 6. The quantitative estimate of drug-likeness (QED) is 0.276. The summed E-state index contributed by atoms with van der Waals surface area (Å²) in [7, 11) is 0. The second kappa shape index (κ2) is 10.9. The zero-order valence-corrected chi connectivity index (χ0v) is 19.3. The third-order valence-electron chi connectivity index (χ3n) is 4.24. The van der Waals surface area contributed by atoms with Crippen LogP contribution in [0.2, 0.25) is 0 Å². The van der Waals surface area contributed by atoms with Crippen molar-refractivity contribution in [3.63, 3.8) is 0 Å². The molecule has 2 N–H and O–H groups in total. The van der Waals surface area contributed by atoms with Crippen LogP contribution in [-0.2, 0) is 13.0 Å². The van der Waals surface area contributed by atoms with Crippen LogP contribution in [0.5, 0.6) is 0 Å². The Balaban J connectivity index is 0.00000261. The number of nitrogens with zero attached hydrogens (tertiary/aromatic N) is 4. The summed E-state index contributed by atoms with van der Waals surface area (Å²) >= 11 is 1.86. The summed E-state index contributed by atoms with van der Waals surface area (Å²) < 4.78 is 2.02. The Morgan fingerprint density at radius 1 is 1.37 bits per heavy atom. The molecule has 1 aromatic heterocycles. The van der Waals surface area contributed by atoms with Crippen molar-refractivity contribution in [1.29, 1.82) is 0 Å². The normalized spacial score (nSPS) is 17.6. The minimum absolute atomic E-state index is 0. The molecule has 0 spiro atoms. The van der Waals surface area contributed by atoms with Crippen molar-refractivity contribution in [3.8, 4) is 0 Å². The van der Waals surface area contributed by atoms with Gasteiger partial charge in [0, 0.05) is 29.2 Å². The van der Waals surface area contributed by atoms with E-state index in [1.807, 2.05) is 29.4 Å². The lowest BCUT2D eigenvalue weighted by atomic mass is 10.1. The smallest absolute Gasteiger partial charge is 0.191 e. The number of aryl methyl sites for hydroxylation is 2. The van der Waals surface area contributed by atoms with Crippen molar-refractivity contribution < 1.29 is 0 Å². The summed E-state index contributed by atoms with van der Waals surface area (Å²) in [4.78, 5) is 10.6. The number of fused-ring (bicyclic) bond motifs is 1. The van der Waals surface area contributed by atoms with E-state index in [0.29, 0.717) is 11.3 Å². The predicted molar refractivity (Wildman–Crippen MR) is 123 cm³/mol. The summed E-state index contributed by atoms with van der Waals surface area (Å²) in [6.45, 7) is 8.73. The molecule has 0 fully saturated rings. The van der Waals surface area contributed by atoms with E-state index in [0.717, 1.165) is 50.1 Å². The molecule has 2 unspecified atom stereocenters. The molecule has 0 bridgehead atoms. The molecule has 1 aliphatic rings. The number of benzene rings is 1. The first kappa shape index (κ1) is 22.0. The van der Waals surface area contributed by atoms with E-state index in [9.17, 15) is 0 Å². The molecule has 2 atom stereocenters. The molecule has 1 aromatic carbocycles. The van der Waals surface area contributed by atoms with Crippen LogP contribution in [-0.4, -0.2) is 45.1 Å². The van der Waals surface area contributed by atoms with Crippen LogP contribution in [0.3, 0.4) is 0 Å². The molecule has 0 amide bonds. The Bertz CT molecular complexity index is 733. The minimum Gasteiger partial charge on any atom is -0.357 e. The van der Waals surface area contributed by atoms with Gasteiger partial charge in [0.1, 0.15) is 11.6 Å². The third-order valence-corrected chi connectivity index (χ3v) is 5.33. The average molecular weight is 500 g/mol. The maximum atomic E-state index is 4.79. The lowest BCUT2D eigenvalue weighted by Gasteiger charge is -2.25. The summed E-state index contributed by atoms with van der Waals surface area (Å²) in [5, 5.41) is 11.8. The van der Waals surface area contributed by atoms with Crippen LogP contribution in [0.15, 0.2) is 40.2 Å². The predicted octanol–water partition coefficient (Wildman–Crippen LogP) is 3.26. The van der Waals surface area contributed by atoms with Crippen molar-refractivity contribution in [2.75, 3.05) is 13.1 Å². The molecular weight excluding hydrogens is 471 g/mol. The van der Waals surface area contributed by atoms with Gasteiger partial charge in [0.15, 0.2) is 5.96 Å². The standard InChI is InChI=1S/C19H28N6S.HI/c1-4-20-19(21-12-14(2)26-17-8-6-5-7-9-17)23-16-10-11-18-22-15(3)24-25(18)13-16;/h5-9,14,16H,4,10-13H2,1-3H3,(H2,20,21,23);1H. The van der Waals surface area contributed by atoms with E-state index in [4.69, 9.17) is 4.99 Å². The Labute approximate surface area is 183 Å². The average Bonchev–Trinajstić information content (AvgIpc) is 3.00. The maximum Gasteiger partial charge on any atom is 0.191 e. The van der Waals surface area contributed by atoms with Crippen LogP contribution in [0.4, 0.5) is 0 Å². The highest BCUT2D eigenvalue weighted by molar-refractivity contribution is 14.0. The second-order valence-electron chi connectivity index (χ2n) is 6.60. The molecule has 0 aliphatic carbocycles. The van der Waals surface area contributed by atoms with Crippen LogP contribution in [0.1, 0.15) is 31.9 Å². The lowest BCUT2D eigenvalue weighted by molar-refractivity contribution is 0.392. The van der Waals surface area contributed by atoms with Gasteiger partial charge in [0.05, 0.1) is 13.1 Å². The summed E-state index contributed by atoms with van der Waals surface area (Å²) in [5.74, 6) is 2.83. The van der Waals surface area contributed by atoms with Crippen LogP contribution >= 0.6 is 35.7 Å². The molecule has 0 saturated heterocycles. The Hall–Kier alpha value is -1.29. The number of hydrogen-bond donors (Lipinski definition) is 2. The fourth-order valence-corrected chi connectivity index (χ4v) is 3.98. The molecule has 148 valence electrons.